The minimum atomic E-state index is -0.418. The fourth-order valence-electron chi connectivity index (χ4n) is 2.72. The second-order valence-corrected chi connectivity index (χ2v) is 6.50. The van der Waals surface area contributed by atoms with Gasteiger partial charge in [-0.1, -0.05) is 6.07 Å². The molecule has 0 saturated carbocycles. The molecule has 0 bridgehead atoms. The first-order valence-corrected chi connectivity index (χ1v) is 8.41. The van der Waals surface area contributed by atoms with Crippen molar-refractivity contribution in [3.8, 4) is 11.5 Å². The first-order valence-electron chi connectivity index (χ1n) is 7.53. The lowest BCUT2D eigenvalue weighted by molar-refractivity contribution is -0.384. The van der Waals surface area contributed by atoms with Crippen molar-refractivity contribution in [3.63, 3.8) is 0 Å². The molecule has 25 heavy (non-hydrogen) atoms. The van der Waals surface area contributed by atoms with Gasteiger partial charge in [0.2, 0.25) is 0 Å². The summed E-state index contributed by atoms with van der Waals surface area (Å²) in [7, 11) is 0. The number of aliphatic hydroxyl groups excluding tert-OH is 1. The van der Waals surface area contributed by atoms with E-state index in [9.17, 15) is 15.2 Å². The Bertz CT molecular complexity index is 1050. The van der Waals surface area contributed by atoms with Gasteiger partial charge in [0.25, 0.3) is 5.69 Å². The van der Waals surface area contributed by atoms with E-state index in [-0.39, 0.29) is 12.3 Å². The lowest BCUT2D eigenvalue weighted by atomic mass is 10.1. The standard InChI is InChI=1S/C17H13N3O4S/c21-10-12-4-6-16(24-12)17-14-5-3-11(20(22)23)8-15(14)19(18-17)9-13-2-1-7-25-13/h1-8,21H,9-10H2. The van der Waals surface area contributed by atoms with E-state index in [1.54, 1.807) is 34.2 Å². The Balaban J connectivity index is 1.89. The Hall–Kier alpha value is -2.97. The summed E-state index contributed by atoms with van der Waals surface area (Å²) in [4.78, 5) is 11.8. The molecule has 0 atom stereocenters. The Morgan fingerprint density at radius 3 is 2.84 bits per heavy atom. The van der Waals surface area contributed by atoms with E-state index in [1.807, 2.05) is 17.5 Å². The summed E-state index contributed by atoms with van der Waals surface area (Å²) in [6, 6.07) is 12.0. The SMILES string of the molecule is O=[N+]([O-])c1ccc2c(-c3ccc(CO)o3)nn(Cc3cccs3)c2c1. The summed E-state index contributed by atoms with van der Waals surface area (Å²) in [5.41, 5.74) is 1.28. The number of non-ortho nitro benzene ring substituents is 1. The number of hydrogen-bond donors (Lipinski definition) is 1. The molecule has 3 aromatic heterocycles. The van der Waals surface area contributed by atoms with Crippen molar-refractivity contribution in [1.82, 2.24) is 9.78 Å². The van der Waals surface area contributed by atoms with Gasteiger partial charge in [0.15, 0.2) is 5.76 Å². The van der Waals surface area contributed by atoms with Crippen LogP contribution in [0.5, 0.6) is 0 Å². The normalized spacial score (nSPS) is 11.2. The number of aromatic nitrogens is 2. The molecule has 0 fully saturated rings. The van der Waals surface area contributed by atoms with E-state index in [0.29, 0.717) is 29.3 Å². The van der Waals surface area contributed by atoms with Gasteiger partial charge in [-0.25, -0.2) is 0 Å². The van der Waals surface area contributed by atoms with Crippen molar-refractivity contribution in [1.29, 1.82) is 0 Å². The van der Waals surface area contributed by atoms with Crippen LogP contribution in [0.4, 0.5) is 5.69 Å². The third kappa shape index (κ3) is 2.81. The average molecular weight is 355 g/mol. The molecule has 126 valence electrons. The van der Waals surface area contributed by atoms with Gasteiger partial charge in [-0.2, -0.15) is 5.10 Å². The van der Waals surface area contributed by atoms with Crippen LogP contribution in [0, 0.1) is 10.1 Å². The molecule has 0 amide bonds. The van der Waals surface area contributed by atoms with Crippen molar-refractivity contribution in [2.75, 3.05) is 0 Å². The lowest BCUT2D eigenvalue weighted by Crippen LogP contribution is -2.00. The maximum Gasteiger partial charge on any atom is 0.271 e. The zero-order valence-corrected chi connectivity index (χ0v) is 13.8. The van der Waals surface area contributed by atoms with Crippen LogP contribution in [-0.2, 0) is 13.2 Å². The highest BCUT2D eigenvalue weighted by atomic mass is 32.1. The molecule has 0 aliphatic carbocycles. The second-order valence-electron chi connectivity index (χ2n) is 5.47. The van der Waals surface area contributed by atoms with Crippen LogP contribution in [0.2, 0.25) is 0 Å². The number of nitro benzene ring substituents is 1. The van der Waals surface area contributed by atoms with Crippen LogP contribution in [0.15, 0.2) is 52.3 Å². The molecule has 7 nitrogen and oxygen atoms in total. The van der Waals surface area contributed by atoms with Crippen LogP contribution in [0.3, 0.4) is 0 Å². The second kappa shape index (κ2) is 6.15. The monoisotopic (exact) mass is 355 g/mol. The summed E-state index contributed by atoms with van der Waals surface area (Å²) >= 11 is 1.60. The van der Waals surface area contributed by atoms with Gasteiger partial charge in [0.1, 0.15) is 18.1 Å². The number of benzene rings is 1. The Morgan fingerprint density at radius 1 is 1.28 bits per heavy atom. The van der Waals surface area contributed by atoms with Gasteiger partial charge in [0.05, 0.1) is 17.0 Å². The van der Waals surface area contributed by atoms with E-state index in [2.05, 4.69) is 5.10 Å². The molecule has 0 spiro atoms. The van der Waals surface area contributed by atoms with Crippen molar-refractivity contribution in [2.24, 2.45) is 0 Å². The minimum Gasteiger partial charge on any atom is -0.457 e. The molecule has 1 aromatic carbocycles. The molecule has 4 rings (SSSR count). The summed E-state index contributed by atoms with van der Waals surface area (Å²) in [5, 5.41) is 27.7. The highest BCUT2D eigenvalue weighted by Crippen LogP contribution is 2.32. The van der Waals surface area contributed by atoms with E-state index in [4.69, 9.17) is 4.42 Å². The van der Waals surface area contributed by atoms with E-state index in [0.717, 1.165) is 10.3 Å². The predicted molar refractivity (Wildman–Crippen MR) is 93.4 cm³/mol. The Morgan fingerprint density at radius 2 is 2.16 bits per heavy atom. The third-order valence-electron chi connectivity index (χ3n) is 3.88. The van der Waals surface area contributed by atoms with Crippen LogP contribution in [0.25, 0.3) is 22.4 Å². The van der Waals surface area contributed by atoms with Crippen LogP contribution >= 0.6 is 11.3 Å². The molecule has 0 aliphatic rings. The average Bonchev–Trinajstić information content (AvgIpc) is 3.34. The van der Waals surface area contributed by atoms with Crippen molar-refractivity contribution < 1.29 is 14.4 Å². The highest BCUT2D eigenvalue weighted by molar-refractivity contribution is 7.09. The van der Waals surface area contributed by atoms with Crippen molar-refractivity contribution >= 4 is 27.9 Å². The fraction of sp³-hybridized carbons (Fsp3) is 0.118. The molecule has 8 heteroatoms. The fourth-order valence-corrected chi connectivity index (χ4v) is 3.40. The molecule has 3 heterocycles. The Labute approximate surface area is 145 Å². The maximum absolute atomic E-state index is 11.1. The zero-order chi connectivity index (χ0) is 17.4. The largest absolute Gasteiger partial charge is 0.457 e. The van der Waals surface area contributed by atoms with Gasteiger partial charge in [0, 0.05) is 22.4 Å². The predicted octanol–water partition coefficient (Wildman–Crippen LogP) is 3.81. The third-order valence-corrected chi connectivity index (χ3v) is 4.74. The van der Waals surface area contributed by atoms with Crippen LogP contribution < -0.4 is 0 Å². The number of nitro groups is 1. The smallest absolute Gasteiger partial charge is 0.271 e. The quantitative estimate of drug-likeness (QED) is 0.434. The molecular formula is C17H13N3O4S. The van der Waals surface area contributed by atoms with Crippen LogP contribution in [0.1, 0.15) is 10.6 Å². The summed E-state index contributed by atoms with van der Waals surface area (Å²) < 4.78 is 7.34. The number of rotatable bonds is 5. The molecule has 0 saturated heterocycles. The lowest BCUT2D eigenvalue weighted by Gasteiger charge is -2.01. The maximum atomic E-state index is 11.1. The summed E-state index contributed by atoms with van der Waals surface area (Å²) in [5.74, 6) is 0.964. The van der Waals surface area contributed by atoms with Gasteiger partial charge >= 0.3 is 0 Å². The zero-order valence-electron chi connectivity index (χ0n) is 13.0. The summed E-state index contributed by atoms with van der Waals surface area (Å²) in [6.07, 6.45) is 0. The van der Waals surface area contributed by atoms with Crippen molar-refractivity contribution in [2.45, 2.75) is 13.2 Å². The topological polar surface area (TPSA) is 94.3 Å². The van der Waals surface area contributed by atoms with Crippen molar-refractivity contribution in [3.05, 3.63) is 68.6 Å². The molecule has 4 aromatic rings. The van der Waals surface area contributed by atoms with Gasteiger partial charge in [-0.15, -0.1) is 11.3 Å². The van der Waals surface area contributed by atoms with Gasteiger partial charge in [-0.05, 0) is 29.6 Å². The molecule has 0 aliphatic heterocycles. The first-order chi connectivity index (χ1) is 12.2. The first kappa shape index (κ1) is 15.6. The number of aliphatic hydroxyl groups is 1. The van der Waals surface area contributed by atoms with Gasteiger partial charge < -0.3 is 9.52 Å². The molecular weight excluding hydrogens is 342 g/mol. The highest BCUT2D eigenvalue weighted by Gasteiger charge is 2.18. The van der Waals surface area contributed by atoms with E-state index >= 15 is 0 Å². The summed E-state index contributed by atoms with van der Waals surface area (Å²) in [6.45, 7) is 0.322. The Kier molecular flexibility index (Phi) is 3.83. The minimum absolute atomic E-state index is 0.0156. The molecule has 1 N–H and O–H groups in total. The number of thiophene rings is 1. The number of furan rings is 1. The number of fused-ring (bicyclic) bond motifs is 1. The van der Waals surface area contributed by atoms with Crippen LogP contribution in [-0.4, -0.2) is 19.8 Å². The van der Waals surface area contributed by atoms with E-state index < -0.39 is 4.92 Å². The van der Waals surface area contributed by atoms with E-state index in [1.165, 1.54) is 12.1 Å². The number of hydrogen-bond acceptors (Lipinski definition) is 6. The number of nitrogens with zero attached hydrogens (tertiary/aromatic N) is 3. The molecule has 0 unspecified atom stereocenters. The molecule has 0 radical (unpaired) electrons. The van der Waals surface area contributed by atoms with Gasteiger partial charge in [-0.3, -0.25) is 14.8 Å².